The van der Waals surface area contributed by atoms with Crippen molar-refractivity contribution in [3.8, 4) is 11.4 Å². The molecule has 0 aliphatic carbocycles. The van der Waals surface area contributed by atoms with E-state index in [0.29, 0.717) is 35.9 Å². The molecule has 2 aromatic heterocycles. The minimum atomic E-state index is -0.477. The molecule has 4 rings (SSSR count). The van der Waals surface area contributed by atoms with Gasteiger partial charge in [-0.25, -0.2) is 0 Å². The Morgan fingerprint density at radius 2 is 2.03 bits per heavy atom. The zero-order valence-electron chi connectivity index (χ0n) is 17.2. The Hall–Kier alpha value is -4.08. The van der Waals surface area contributed by atoms with Crippen molar-refractivity contribution in [3.05, 3.63) is 54.7 Å². The lowest BCUT2D eigenvalue weighted by molar-refractivity contribution is -0.144. The average Bonchev–Trinajstić information content (AvgIpc) is 3.29. The molecule has 0 saturated heterocycles. The monoisotopic (exact) mass is 435 g/mol. The van der Waals surface area contributed by atoms with Gasteiger partial charge in [-0.1, -0.05) is 17.3 Å². The molecular weight excluding hydrogens is 414 g/mol. The fourth-order valence-electron chi connectivity index (χ4n) is 3.25. The first-order valence-corrected chi connectivity index (χ1v) is 10.2. The third-order valence-corrected chi connectivity index (χ3v) is 4.80. The molecule has 0 spiro atoms. The second kappa shape index (κ2) is 9.82. The Kier molecular flexibility index (Phi) is 6.49. The van der Waals surface area contributed by atoms with Crippen LogP contribution in [0.4, 0.5) is 11.4 Å². The van der Waals surface area contributed by atoms with Crippen LogP contribution in [0.25, 0.3) is 11.4 Å². The zero-order valence-corrected chi connectivity index (χ0v) is 17.2. The number of rotatable bonds is 8. The molecule has 0 unspecified atom stereocenters. The molecule has 1 aromatic carbocycles. The van der Waals surface area contributed by atoms with Gasteiger partial charge in [-0.2, -0.15) is 4.98 Å². The molecule has 0 atom stereocenters. The Labute approximate surface area is 183 Å². The number of pyridine rings is 1. The Morgan fingerprint density at radius 3 is 2.88 bits per heavy atom. The maximum atomic E-state index is 12.6. The lowest BCUT2D eigenvalue weighted by Gasteiger charge is -2.29. The molecule has 1 aliphatic heterocycles. The van der Waals surface area contributed by atoms with Crippen molar-refractivity contribution < 1.29 is 23.6 Å². The lowest BCUT2D eigenvalue weighted by atomic mass is 10.1. The fraction of sp³-hybridized carbons (Fsp3) is 0.273. The number of ether oxygens (including phenoxy) is 1. The number of para-hydroxylation sites is 2. The van der Waals surface area contributed by atoms with Crippen LogP contribution in [0.3, 0.4) is 0 Å². The van der Waals surface area contributed by atoms with Gasteiger partial charge in [0.1, 0.15) is 6.54 Å². The predicted octanol–water partition coefficient (Wildman–Crippen LogP) is 2.37. The Balaban J connectivity index is 1.19. The van der Waals surface area contributed by atoms with Gasteiger partial charge < -0.3 is 19.5 Å². The molecule has 0 radical (unpaired) electrons. The number of hydrogen-bond donors (Lipinski definition) is 1. The summed E-state index contributed by atoms with van der Waals surface area (Å²) < 4.78 is 10.4. The van der Waals surface area contributed by atoms with E-state index < -0.39 is 5.97 Å². The third kappa shape index (κ3) is 5.15. The SMILES string of the molecule is O=C1CN(C(=O)CCC(=O)OCCCc2nc(-c3cccnc3)no2)c2ccccc2N1. The minimum Gasteiger partial charge on any atom is -0.466 e. The number of hydrogen-bond acceptors (Lipinski definition) is 8. The number of nitrogens with one attached hydrogen (secondary N) is 1. The highest BCUT2D eigenvalue weighted by Crippen LogP contribution is 2.29. The van der Waals surface area contributed by atoms with Crippen LogP contribution >= 0.6 is 0 Å². The largest absolute Gasteiger partial charge is 0.466 e. The number of fused-ring (bicyclic) bond motifs is 1. The van der Waals surface area contributed by atoms with Crippen LogP contribution < -0.4 is 10.2 Å². The smallest absolute Gasteiger partial charge is 0.306 e. The molecular formula is C22H21N5O5. The minimum absolute atomic E-state index is 0.0431. The zero-order chi connectivity index (χ0) is 22.3. The van der Waals surface area contributed by atoms with Crippen LogP contribution in [0.2, 0.25) is 0 Å². The van der Waals surface area contributed by atoms with Gasteiger partial charge in [-0.3, -0.25) is 19.4 Å². The molecule has 1 N–H and O–H groups in total. The van der Waals surface area contributed by atoms with E-state index in [4.69, 9.17) is 9.26 Å². The number of benzene rings is 1. The number of aromatic nitrogens is 3. The molecule has 32 heavy (non-hydrogen) atoms. The van der Waals surface area contributed by atoms with Gasteiger partial charge >= 0.3 is 5.97 Å². The van der Waals surface area contributed by atoms with Crippen molar-refractivity contribution in [2.45, 2.75) is 25.7 Å². The lowest BCUT2D eigenvalue weighted by Crippen LogP contribution is -2.42. The van der Waals surface area contributed by atoms with E-state index in [-0.39, 0.29) is 37.8 Å². The van der Waals surface area contributed by atoms with Crippen LogP contribution in [-0.4, -0.2) is 46.1 Å². The number of esters is 1. The summed E-state index contributed by atoms with van der Waals surface area (Å²) in [5.41, 5.74) is 1.95. The molecule has 3 aromatic rings. The molecule has 3 heterocycles. The number of aryl methyl sites for hydroxylation is 1. The van der Waals surface area contributed by atoms with E-state index in [1.807, 2.05) is 6.07 Å². The Morgan fingerprint density at radius 1 is 1.16 bits per heavy atom. The molecule has 0 fully saturated rings. The normalized spacial score (nSPS) is 12.8. The topological polar surface area (TPSA) is 128 Å². The molecule has 0 saturated carbocycles. The number of amides is 2. The van der Waals surface area contributed by atoms with E-state index in [2.05, 4.69) is 20.4 Å². The summed E-state index contributed by atoms with van der Waals surface area (Å²) >= 11 is 0. The third-order valence-electron chi connectivity index (χ3n) is 4.80. The van der Waals surface area contributed by atoms with Crippen LogP contribution in [0.15, 0.2) is 53.3 Å². The molecule has 10 nitrogen and oxygen atoms in total. The van der Waals surface area contributed by atoms with E-state index in [1.165, 1.54) is 4.90 Å². The highest BCUT2D eigenvalue weighted by Gasteiger charge is 2.26. The summed E-state index contributed by atoms with van der Waals surface area (Å²) in [6.45, 7) is 0.0999. The average molecular weight is 435 g/mol. The molecule has 1 aliphatic rings. The van der Waals surface area contributed by atoms with Crippen LogP contribution in [0.5, 0.6) is 0 Å². The van der Waals surface area contributed by atoms with Gasteiger partial charge in [-0.05, 0) is 30.7 Å². The first-order chi connectivity index (χ1) is 15.6. The molecule has 2 amide bonds. The van der Waals surface area contributed by atoms with Crippen LogP contribution in [0.1, 0.15) is 25.2 Å². The highest BCUT2D eigenvalue weighted by molar-refractivity contribution is 6.10. The summed E-state index contributed by atoms with van der Waals surface area (Å²) in [4.78, 5) is 46.1. The number of nitrogens with zero attached hydrogens (tertiary/aromatic N) is 4. The first-order valence-electron chi connectivity index (χ1n) is 10.2. The van der Waals surface area contributed by atoms with Crippen molar-refractivity contribution >= 4 is 29.2 Å². The molecule has 0 bridgehead atoms. The second-order valence-electron chi connectivity index (χ2n) is 7.12. The number of anilines is 2. The van der Waals surface area contributed by atoms with Crippen molar-refractivity contribution in [1.29, 1.82) is 0 Å². The van der Waals surface area contributed by atoms with Gasteiger partial charge in [0.15, 0.2) is 0 Å². The fourth-order valence-corrected chi connectivity index (χ4v) is 3.25. The van der Waals surface area contributed by atoms with Crippen molar-refractivity contribution in [2.24, 2.45) is 0 Å². The first kappa shape index (κ1) is 21.2. The standard InChI is InChI=1S/C22H21N5O5/c28-18-14-27(17-7-2-1-6-16(17)24-18)20(29)9-10-21(30)31-12-4-8-19-25-22(26-32-19)15-5-3-11-23-13-15/h1-3,5-7,11,13H,4,8-10,12,14H2,(H,24,28). The molecule has 164 valence electrons. The van der Waals surface area contributed by atoms with E-state index >= 15 is 0 Å². The van der Waals surface area contributed by atoms with Crippen molar-refractivity contribution in [2.75, 3.05) is 23.4 Å². The van der Waals surface area contributed by atoms with E-state index in [9.17, 15) is 14.4 Å². The maximum Gasteiger partial charge on any atom is 0.306 e. The summed E-state index contributed by atoms with van der Waals surface area (Å²) in [7, 11) is 0. The number of carbonyl (C=O) groups excluding carboxylic acids is 3. The van der Waals surface area contributed by atoms with Crippen molar-refractivity contribution in [1.82, 2.24) is 15.1 Å². The summed E-state index contributed by atoms with van der Waals surface area (Å²) in [5, 5.41) is 6.63. The maximum absolute atomic E-state index is 12.6. The number of carbonyl (C=O) groups is 3. The molecule has 10 heteroatoms. The summed E-state index contributed by atoms with van der Waals surface area (Å²) in [6.07, 6.45) is 4.16. The van der Waals surface area contributed by atoms with Crippen molar-refractivity contribution in [3.63, 3.8) is 0 Å². The quantitative estimate of drug-likeness (QED) is 0.422. The summed E-state index contributed by atoms with van der Waals surface area (Å²) in [5.74, 6) is -0.159. The predicted molar refractivity (Wildman–Crippen MR) is 113 cm³/mol. The van der Waals surface area contributed by atoms with Crippen LogP contribution in [-0.2, 0) is 25.5 Å². The second-order valence-corrected chi connectivity index (χ2v) is 7.12. The van der Waals surface area contributed by atoms with E-state index in [1.54, 1.807) is 42.7 Å². The Bertz CT molecular complexity index is 1110. The van der Waals surface area contributed by atoms with Crippen LogP contribution in [0, 0.1) is 0 Å². The van der Waals surface area contributed by atoms with Gasteiger partial charge in [0.25, 0.3) is 0 Å². The highest BCUT2D eigenvalue weighted by atomic mass is 16.5. The van der Waals surface area contributed by atoms with E-state index in [0.717, 1.165) is 5.56 Å². The van der Waals surface area contributed by atoms with Gasteiger partial charge in [-0.15, -0.1) is 0 Å². The van der Waals surface area contributed by atoms with Gasteiger partial charge in [0, 0.05) is 30.8 Å². The summed E-state index contributed by atoms with van der Waals surface area (Å²) in [6, 6.07) is 10.7. The van der Waals surface area contributed by atoms with Gasteiger partial charge in [0.05, 0.1) is 24.4 Å². The van der Waals surface area contributed by atoms with Gasteiger partial charge in [0.2, 0.25) is 23.5 Å².